The van der Waals surface area contributed by atoms with E-state index in [1.807, 2.05) is 11.5 Å². The normalized spacial score (nSPS) is 15.7. The number of benzene rings is 1. The van der Waals surface area contributed by atoms with Crippen molar-refractivity contribution < 1.29 is 9.00 Å². The Bertz CT molecular complexity index is 1170. The topological polar surface area (TPSA) is 104 Å². The highest BCUT2D eigenvalue weighted by atomic mass is 79.9. The van der Waals surface area contributed by atoms with E-state index in [1.165, 1.54) is 6.26 Å². The zero-order valence-corrected chi connectivity index (χ0v) is 18.5. The van der Waals surface area contributed by atoms with E-state index in [-0.39, 0.29) is 17.5 Å². The fourth-order valence-corrected chi connectivity index (χ4v) is 4.48. The zero-order chi connectivity index (χ0) is 21.2. The highest BCUT2D eigenvalue weighted by Crippen LogP contribution is 2.33. The van der Waals surface area contributed by atoms with E-state index >= 15 is 0 Å². The van der Waals surface area contributed by atoms with Crippen molar-refractivity contribution >= 4 is 31.6 Å². The van der Waals surface area contributed by atoms with Crippen molar-refractivity contribution in [2.24, 2.45) is 4.36 Å². The predicted molar refractivity (Wildman–Crippen MR) is 114 cm³/mol. The number of nitrogens with one attached hydrogen (secondary N) is 1. The molecule has 2 aromatic rings. The quantitative estimate of drug-likeness (QED) is 0.666. The fourth-order valence-electron chi connectivity index (χ4n) is 3.16. The summed E-state index contributed by atoms with van der Waals surface area (Å²) in [6.07, 6.45) is 7.86. The smallest absolute Gasteiger partial charge is 0.257 e. The maximum Gasteiger partial charge on any atom is 0.257 e. The Morgan fingerprint density at radius 1 is 1.38 bits per heavy atom. The van der Waals surface area contributed by atoms with Crippen LogP contribution in [0.25, 0.3) is 0 Å². The number of nitriles is 1. The van der Waals surface area contributed by atoms with Crippen molar-refractivity contribution in [2.75, 3.05) is 6.26 Å². The van der Waals surface area contributed by atoms with Gasteiger partial charge in [-0.15, -0.1) is 4.36 Å². The zero-order valence-electron chi connectivity index (χ0n) is 16.1. The third-order valence-electron chi connectivity index (χ3n) is 5.16. The van der Waals surface area contributed by atoms with Gasteiger partial charge in [0.05, 0.1) is 14.2 Å². The minimum atomic E-state index is -2.75. The number of hydrogen-bond donors (Lipinski definition) is 1. The molecule has 0 bridgehead atoms. The lowest BCUT2D eigenvalue weighted by Crippen LogP contribution is -2.32. The van der Waals surface area contributed by atoms with Gasteiger partial charge in [-0.05, 0) is 59.8 Å². The molecule has 1 aromatic heterocycles. The largest absolute Gasteiger partial charge is 0.348 e. The first-order chi connectivity index (χ1) is 13.7. The van der Waals surface area contributed by atoms with Gasteiger partial charge in [-0.25, -0.2) is 4.21 Å². The highest BCUT2D eigenvalue weighted by molar-refractivity contribution is 9.10. The van der Waals surface area contributed by atoms with Crippen molar-refractivity contribution in [2.45, 2.75) is 43.7 Å². The first-order valence-electron chi connectivity index (χ1n) is 9.13. The Kier molecular flexibility index (Phi) is 6.24. The number of carbonyl (C=O) groups excluding carboxylic acids is 1. The number of aromatic nitrogens is 1. The Balaban J connectivity index is 1.77. The van der Waals surface area contributed by atoms with E-state index in [9.17, 15) is 13.8 Å². The minimum Gasteiger partial charge on any atom is -0.348 e. The van der Waals surface area contributed by atoms with Crippen molar-refractivity contribution in [3.63, 3.8) is 0 Å². The predicted octanol–water partition coefficient (Wildman–Crippen LogP) is 3.51. The molecule has 0 radical (unpaired) electrons. The lowest BCUT2D eigenvalue weighted by atomic mass is 9.92. The SMILES string of the molecule is Cc1c(Br)c(=O)c(C(=O)NCc2ccc([S@](C)(=O)=NC#N)cc2)cn1C1CCC1. The lowest BCUT2D eigenvalue weighted by Gasteiger charge is -2.31. The number of halogens is 1. The number of amides is 1. The highest BCUT2D eigenvalue weighted by Gasteiger charge is 2.24. The van der Waals surface area contributed by atoms with Crippen LogP contribution >= 0.6 is 15.9 Å². The van der Waals surface area contributed by atoms with E-state index in [0.717, 1.165) is 30.5 Å². The van der Waals surface area contributed by atoms with Crippen molar-refractivity contribution in [3.8, 4) is 6.19 Å². The van der Waals surface area contributed by atoms with E-state index in [1.54, 1.807) is 36.7 Å². The third kappa shape index (κ3) is 4.43. The molecule has 1 fully saturated rings. The molecule has 0 aliphatic heterocycles. The van der Waals surface area contributed by atoms with Gasteiger partial charge in [0.1, 0.15) is 5.56 Å². The molecule has 9 heteroatoms. The second-order valence-electron chi connectivity index (χ2n) is 7.08. The van der Waals surface area contributed by atoms with Gasteiger partial charge in [-0.2, -0.15) is 5.26 Å². The van der Waals surface area contributed by atoms with Gasteiger partial charge in [-0.3, -0.25) is 9.59 Å². The molecule has 1 aromatic carbocycles. The maximum absolute atomic E-state index is 12.7. The summed E-state index contributed by atoms with van der Waals surface area (Å²) in [4.78, 5) is 25.6. The van der Waals surface area contributed by atoms with Gasteiger partial charge < -0.3 is 9.88 Å². The van der Waals surface area contributed by atoms with Crippen LogP contribution < -0.4 is 10.7 Å². The number of carbonyl (C=O) groups is 1. The first-order valence-corrected chi connectivity index (χ1v) is 11.8. The molecule has 29 heavy (non-hydrogen) atoms. The number of rotatable bonds is 5. The molecule has 0 unspecified atom stereocenters. The first kappa shape index (κ1) is 21.3. The average molecular weight is 477 g/mol. The van der Waals surface area contributed by atoms with Crippen LogP contribution in [0.5, 0.6) is 0 Å². The fraction of sp³-hybridized carbons (Fsp3) is 0.350. The van der Waals surface area contributed by atoms with Crippen LogP contribution in [0.4, 0.5) is 0 Å². The molecule has 0 spiro atoms. The van der Waals surface area contributed by atoms with Gasteiger partial charge in [0.25, 0.3) is 5.91 Å². The Morgan fingerprint density at radius 3 is 2.59 bits per heavy atom. The molecule has 1 aliphatic carbocycles. The molecular weight excluding hydrogens is 456 g/mol. The molecule has 7 nitrogen and oxygen atoms in total. The van der Waals surface area contributed by atoms with Crippen LogP contribution in [0.2, 0.25) is 0 Å². The van der Waals surface area contributed by atoms with Crippen LogP contribution in [0.3, 0.4) is 0 Å². The van der Waals surface area contributed by atoms with Crippen LogP contribution in [0.15, 0.2) is 49.0 Å². The molecule has 1 saturated carbocycles. The molecule has 1 N–H and O–H groups in total. The summed E-state index contributed by atoms with van der Waals surface area (Å²) in [5.74, 6) is -0.438. The summed E-state index contributed by atoms with van der Waals surface area (Å²) in [6.45, 7) is 2.09. The van der Waals surface area contributed by atoms with E-state index in [0.29, 0.717) is 15.4 Å². The number of hydrogen-bond acceptors (Lipinski definition) is 5. The summed E-state index contributed by atoms with van der Waals surface area (Å²) in [6, 6.07) is 6.99. The van der Waals surface area contributed by atoms with E-state index < -0.39 is 15.6 Å². The second-order valence-corrected chi connectivity index (χ2v) is 10.1. The molecule has 3 rings (SSSR count). The Hall–Kier alpha value is -2.44. The van der Waals surface area contributed by atoms with Crippen LogP contribution in [-0.4, -0.2) is 20.9 Å². The second kappa shape index (κ2) is 8.51. The molecule has 1 atom stereocenters. The van der Waals surface area contributed by atoms with Gasteiger partial charge in [0.15, 0.2) is 0 Å². The summed E-state index contributed by atoms with van der Waals surface area (Å²) in [5, 5.41) is 11.4. The molecule has 1 aliphatic rings. The van der Waals surface area contributed by atoms with Crippen molar-refractivity contribution in [3.05, 3.63) is 62.0 Å². The van der Waals surface area contributed by atoms with E-state index in [4.69, 9.17) is 5.26 Å². The van der Waals surface area contributed by atoms with Crippen molar-refractivity contribution in [1.29, 1.82) is 5.26 Å². The summed E-state index contributed by atoms with van der Waals surface area (Å²) in [7, 11) is -2.75. The van der Waals surface area contributed by atoms with Gasteiger partial charge >= 0.3 is 0 Å². The molecule has 0 saturated heterocycles. The molecule has 1 heterocycles. The maximum atomic E-state index is 12.7. The Morgan fingerprint density at radius 2 is 2.03 bits per heavy atom. The Labute approximate surface area is 178 Å². The molecule has 152 valence electrons. The summed E-state index contributed by atoms with van der Waals surface area (Å²) in [5.41, 5.74) is 1.39. The average Bonchev–Trinajstić information content (AvgIpc) is 2.65. The van der Waals surface area contributed by atoms with Crippen LogP contribution in [-0.2, 0) is 16.3 Å². The lowest BCUT2D eigenvalue weighted by molar-refractivity contribution is 0.0948. The van der Waals surface area contributed by atoms with Gasteiger partial charge in [-0.1, -0.05) is 12.1 Å². The van der Waals surface area contributed by atoms with Crippen LogP contribution in [0.1, 0.15) is 46.9 Å². The van der Waals surface area contributed by atoms with E-state index in [2.05, 4.69) is 25.6 Å². The van der Waals surface area contributed by atoms with Gasteiger partial charge in [0, 0.05) is 35.6 Å². The minimum absolute atomic E-state index is 0.107. The summed E-state index contributed by atoms with van der Waals surface area (Å²) < 4.78 is 18.1. The third-order valence-corrected chi connectivity index (χ3v) is 7.67. The monoisotopic (exact) mass is 476 g/mol. The molecular formula is C20H21BrN4O3S. The number of pyridine rings is 1. The summed E-state index contributed by atoms with van der Waals surface area (Å²) >= 11 is 3.33. The number of nitrogens with zero attached hydrogens (tertiary/aromatic N) is 3. The van der Waals surface area contributed by atoms with Gasteiger partial charge in [0.2, 0.25) is 11.6 Å². The van der Waals surface area contributed by atoms with Crippen molar-refractivity contribution in [1.82, 2.24) is 9.88 Å². The molecule has 1 amide bonds. The van der Waals surface area contributed by atoms with Crippen LogP contribution in [0, 0.1) is 18.4 Å². The standard InChI is InChI=1S/C20H21BrN4O3S/c1-13-18(21)19(26)17(11-25(13)15-4-3-5-15)20(27)23-10-14-6-8-16(9-7-14)29(2,28)24-12-22/h6-9,11,15H,3-5,10H2,1-2H3,(H,23,27)/t29-/m0/s1.